The third-order valence-electron chi connectivity index (χ3n) is 10.4. The summed E-state index contributed by atoms with van der Waals surface area (Å²) in [5, 5.41) is 33.8. The van der Waals surface area contributed by atoms with E-state index in [1.165, 1.54) is 31.0 Å². The Hall–Kier alpha value is -6.07. The maximum atomic E-state index is 14.6. The van der Waals surface area contributed by atoms with Gasteiger partial charge in [0.1, 0.15) is 29.9 Å². The molecule has 0 aromatic heterocycles. The number of unbranched alkanes of at least 4 members (excludes halogenated alkanes) is 1. The number of hydrogen-bond donors (Lipinski definition) is 7. The number of amides is 5. The number of nitrogens with two attached hydrogens (primary N) is 1. The fraction of sp³-hybridized carbons (Fsp3) is 0.311. The number of phenolic OH excluding ortho intramolecular Hbond substituents is 1. The maximum Gasteiger partial charge on any atom is 0.251 e. The van der Waals surface area contributed by atoms with Crippen LogP contribution in [-0.2, 0) is 42.0 Å². The summed E-state index contributed by atoms with van der Waals surface area (Å²) >= 11 is 6.04. The largest absolute Gasteiger partial charge is 0.507 e. The number of fused-ring (bicyclic) bond motifs is 5. The number of phenols is 1. The molecule has 0 fully saturated rings. The first-order valence-electron chi connectivity index (χ1n) is 19.9. The van der Waals surface area contributed by atoms with E-state index < -0.39 is 70.1 Å². The average Bonchev–Trinajstić information content (AvgIpc) is 3.24. The fourth-order valence-electron chi connectivity index (χ4n) is 7.06. The summed E-state index contributed by atoms with van der Waals surface area (Å²) in [5.41, 5.74) is 9.54. The Labute approximate surface area is 365 Å². The Morgan fingerprint density at radius 3 is 2.26 bits per heavy atom. The van der Waals surface area contributed by atoms with E-state index in [2.05, 4.69) is 21.3 Å². The molecule has 62 heavy (non-hydrogen) atoms. The van der Waals surface area contributed by atoms with Gasteiger partial charge in [0.15, 0.2) is 9.84 Å². The van der Waals surface area contributed by atoms with Crippen LogP contribution < -0.4 is 27.0 Å². The number of aliphatic hydroxyl groups is 1. The van der Waals surface area contributed by atoms with E-state index in [-0.39, 0.29) is 36.3 Å². The number of aromatic hydroxyl groups is 1. The molecule has 1 aliphatic heterocycles. The van der Waals surface area contributed by atoms with Crippen molar-refractivity contribution in [3.63, 3.8) is 0 Å². The van der Waals surface area contributed by atoms with Crippen LogP contribution in [0.3, 0.4) is 0 Å². The fourth-order valence-corrected chi connectivity index (χ4v) is 7.63. The van der Waals surface area contributed by atoms with Crippen molar-refractivity contribution in [1.29, 1.82) is 0 Å². The van der Waals surface area contributed by atoms with Gasteiger partial charge in [-0.2, -0.15) is 0 Å². The number of likely N-dealkylation sites (N-methyl/N-ethyl adjacent to an activating group) is 1. The van der Waals surface area contributed by atoms with Crippen LogP contribution in [0.25, 0.3) is 22.3 Å². The van der Waals surface area contributed by atoms with Gasteiger partial charge >= 0.3 is 0 Å². The molecule has 4 atom stereocenters. The molecule has 328 valence electrons. The molecule has 1 aliphatic rings. The summed E-state index contributed by atoms with van der Waals surface area (Å²) in [4.78, 5) is 71.0. The number of rotatable bonds is 14. The number of halogens is 1. The molecule has 4 bridgehead atoms. The van der Waals surface area contributed by atoms with Gasteiger partial charge in [-0.25, -0.2) is 8.42 Å². The van der Waals surface area contributed by atoms with Crippen molar-refractivity contribution in [1.82, 2.24) is 26.2 Å². The Kier molecular flexibility index (Phi) is 16.0. The number of sulfone groups is 1. The molecule has 0 radical (unpaired) electrons. The van der Waals surface area contributed by atoms with Gasteiger partial charge in [-0.15, -0.1) is 0 Å². The first-order valence-corrected chi connectivity index (χ1v) is 22.3. The topological polar surface area (TPSA) is 237 Å². The van der Waals surface area contributed by atoms with E-state index in [1.54, 1.807) is 66.7 Å². The number of aliphatic hydroxyl groups excluding tert-OH is 1. The number of nitrogens with zero attached hydrogens (tertiary/aromatic N) is 1. The average molecular weight is 887 g/mol. The van der Waals surface area contributed by atoms with Crippen molar-refractivity contribution in [3.05, 3.63) is 124 Å². The molecule has 4 aromatic carbocycles. The van der Waals surface area contributed by atoms with Gasteiger partial charge in [0, 0.05) is 47.8 Å². The van der Waals surface area contributed by atoms with Crippen molar-refractivity contribution >= 4 is 51.0 Å². The summed E-state index contributed by atoms with van der Waals surface area (Å²) in [6, 6.07) is 18.3. The first-order chi connectivity index (χ1) is 29.5. The van der Waals surface area contributed by atoms with Crippen LogP contribution in [0.2, 0.25) is 5.02 Å². The van der Waals surface area contributed by atoms with E-state index in [0.717, 1.165) is 22.8 Å². The van der Waals surface area contributed by atoms with Crippen molar-refractivity contribution < 1.29 is 42.6 Å². The predicted octanol–water partition coefficient (Wildman–Crippen LogP) is 3.52. The lowest BCUT2D eigenvalue weighted by molar-refractivity contribution is -0.141. The van der Waals surface area contributed by atoms with E-state index in [4.69, 9.17) is 17.3 Å². The molecule has 17 heteroatoms. The van der Waals surface area contributed by atoms with E-state index in [0.29, 0.717) is 46.7 Å². The highest BCUT2D eigenvalue weighted by molar-refractivity contribution is 7.93. The van der Waals surface area contributed by atoms with Crippen LogP contribution in [0.1, 0.15) is 59.3 Å². The molecule has 5 amide bonds. The number of hydrogen-bond acceptors (Lipinski definition) is 10. The minimum absolute atomic E-state index is 0.0704. The van der Waals surface area contributed by atoms with E-state index >= 15 is 0 Å². The summed E-state index contributed by atoms with van der Waals surface area (Å²) in [5.74, 6) is -3.50. The van der Waals surface area contributed by atoms with Gasteiger partial charge in [0.05, 0.1) is 6.61 Å². The van der Waals surface area contributed by atoms with Crippen molar-refractivity contribution in [2.75, 3.05) is 26.4 Å². The van der Waals surface area contributed by atoms with Crippen LogP contribution in [0.5, 0.6) is 5.75 Å². The molecule has 15 nitrogen and oxygen atoms in total. The zero-order chi connectivity index (χ0) is 45.1. The third kappa shape index (κ3) is 12.3. The number of carbonyl (C=O) groups is 5. The van der Waals surface area contributed by atoms with Crippen LogP contribution >= 0.6 is 11.6 Å². The molecular weight excluding hydrogens is 836 g/mol. The molecule has 0 spiro atoms. The minimum atomic E-state index is -3.46. The number of nitrogens with one attached hydrogen (secondary N) is 4. The summed E-state index contributed by atoms with van der Waals surface area (Å²) in [6.45, 7) is 1.14. The lowest BCUT2D eigenvalue weighted by Gasteiger charge is -2.32. The molecule has 0 saturated heterocycles. The molecule has 0 aliphatic carbocycles. The second kappa shape index (κ2) is 21.1. The zero-order valence-corrected chi connectivity index (χ0v) is 36.1. The van der Waals surface area contributed by atoms with Crippen molar-refractivity contribution in [2.24, 2.45) is 5.73 Å². The third-order valence-corrected chi connectivity index (χ3v) is 11.3. The molecule has 4 unspecified atom stereocenters. The van der Waals surface area contributed by atoms with Crippen LogP contribution in [0.15, 0.2) is 96.4 Å². The maximum absolute atomic E-state index is 14.6. The highest BCUT2D eigenvalue weighted by Gasteiger charge is 2.36. The smallest absolute Gasteiger partial charge is 0.251 e. The Balaban J connectivity index is 1.50. The molecule has 1 heterocycles. The normalized spacial score (nSPS) is 17.3. The second-order valence-corrected chi connectivity index (χ2v) is 17.5. The molecular formula is C45H51ClN6O9S. The standard InChI is InChI=1S/C45H51ClN6O9S/c1-27-41(55)51-38(43(57)48-21-6-22-62(3,60)61)24-28-8-19-39(54)36(23-28)35-25-32(13-14-33(35)26-53)40(44(58)49-27)52(2)45(59)37(7-4-5-20-47)50-42(56)31-11-9-29(10-12-31)30-15-17-34(46)18-16-30/h6,8-19,22-23,25,27,37-38,40,53-54H,4-5,7,20-21,24,26,47H2,1-3H3,(H,48,57)(H,49,58)(H,50,56)(H,51,55). The summed E-state index contributed by atoms with van der Waals surface area (Å²) < 4.78 is 23.1. The number of carbonyl (C=O) groups excluding carboxylic acids is 5. The summed E-state index contributed by atoms with van der Waals surface area (Å²) in [7, 11) is -2.05. The highest BCUT2D eigenvalue weighted by Crippen LogP contribution is 2.36. The SMILES string of the molecule is CC1NC(=O)C(N(C)C(=O)C(CCCCN)NC(=O)c2ccc(-c3ccc(Cl)cc3)cc2)c2ccc(CO)c(c2)-c2cc(ccc2O)CC(C(=O)NCC=CS(C)(=O)=O)NC1=O. The quantitative estimate of drug-likeness (QED) is 0.0910. The second-order valence-electron chi connectivity index (χ2n) is 15.1. The van der Waals surface area contributed by atoms with Crippen LogP contribution in [0, 0.1) is 0 Å². The lowest BCUT2D eigenvalue weighted by Crippen LogP contribution is -2.56. The molecule has 4 aromatic rings. The predicted molar refractivity (Wildman–Crippen MR) is 236 cm³/mol. The molecule has 8 N–H and O–H groups in total. The van der Waals surface area contributed by atoms with Gasteiger partial charge in [-0.3, -0.25) is 24.0 Å². The van der Waals surface area contributed by atoms with Crippen LogP contribution in [-0.4, -0.2) is 97.6 Å². The van der Waals surface area contributed by atoms with Gasteiger partial charge in [0.25, 0.3) is 5.91 Å². The minimum Gasteiger partial charge on any atom is -0.507 e. The summed E-state index contributed by atoms with van der Waals surface area (Å²) in [6.07, 6.45) is 3.39. The number of benzene rings is 4. The van der Waals surface area contributed by atoms with Gasteiger partial charge in [0.2, 0.25) is 23.6 Å². The van der Waals surface area contributed by atoms with Gasteiger partial charge in [-0.1, -0.05) is 60.1 Å². The Morgan fingerprint density at radius 2 is 1.61 bits per heavy atom. The highest BCUT2D eigenvalue weighted by atomic mass is 35.5. The van der Waals surface area contributed by atoms with E-state index in [1.807, 2.05) is 12.1 Å². The van der Waals surface area contributed by atoms with E-state index in [9.17, 15) is 42.6 Å². The van der Waals surface area contributed by atoms with Gasteiger partial charge in [-0.05, 0) is 109 Å². The van der Waals surface area contributed by atoms with Crippen molar-refractivity contribution in [3.8, 4) is 28.0 Å². The molecule has 5 rings (SSSR count). The van der Waals surface area contributed by atoms with Crippen molar-refractivity contribution in [2.45, 2.75) is 63.4 Å². The Bertz CT molecular complexity index is 2430. The lowest BCUT2D eigenvalue weighted by atomic mass is 9.91. The monoisotopic (exact) mass is 886 g/mol. The molecule has 0 saturated carbocycles. The zero-order valence-electron chi connectivity index (χ0n) is 34.6. The first kappa shape index (κ1) is 47.0. The van der Waals surface area contributed by atoms with Crippen LogP contribution in [0.4, 0.5) is 0 Å². The Morgan fingerprint density at radius 1 is 0.935 bits per heavy atom. The van der Waals surface area contributed by atoms with Gasteiger partial charge < -0.3 is 42.1 Å².